The molecule has 0 radical (unpaired) electrons. The number of aliphatic imine (C=N–C) groups is 1. The van der Waals surface area contributed by atoms with E-state index in [-0.39, 0.29) is 23.6 Å². The topological polar surface area (TPSA) is 86.6 Å². The lowest BCUT2D eigenvalue weighted by atomic mass is 10.1. The molecule has 4 heterocycles. The molecule has 8 nitrogen and oxygen atoms in total. The van der Waals surface area contributed by atoms with Crippen LogP contribution in [0, 0.1) is 0 Å². The molecule has 0 fully saturated rings. The number of hydrazone groups is 1. The first-order valence-electron chi connectivity index (χ1n) is 10.4. The van der Waals surface area contributed by atoms with Crippen LogP contribution in [0.1, 0.15) is 29.3 Å². The van der Waals surface area contributed by atoms with Crippen molar-refractivity contribution in [2.24, 2.45) is 10.1 Å². The van der Waals surface area contributed by atoms with E-state index in [1.54, 1.807) is 28.5 Å². The van der Waals surface area contributed by atoms with Crippen molar-refractivity contribution >= 4 is 61.9 Å². The predicted molar refractivity (Wildman–Crippen MR) is 134 cm³/mol. The number of amidine groups is 1. The Hall–Kier alpha value is -2.76. The van der Waals surface area contributed by atoms with Gasteiger partial charge in [0.1, 0.15) is 5.75 Å². The van der Waals surface area contributed by atoms with Crippen molar-refractivity contribution in [1.82, 2.24) is 15.4 Å². The molecule has 3 aliphatic heterocycles. The number of thioether (sulfide) groups is 2. The van der Waals surface area contributed by atoms with Crippen LogP contribution in [0.25, 0.3) is 5.70 Å². The summed E-state index contributed by atoms with van der Waals surface area (Å²) in [7, 11) is 1.63. The summed E-state index contributed by atoms with van der Waals surface area (Å²) in [5.74, 6) is 0.803. The van der Waals surface area contributed by atoms with E-state index in [1.807, 2.05) is 41.8 Å². The summed E-state index contributed by atoms with van der Waals surface area (Å²) < 4.78 is 6.00. The molecule has 1 N–H and O–H groups in total. The highest BCUT2D eigenvalue weighted by Gasteiger charge is 2.32. The molecule has 0 saturated heterocycles. The minimum absolute atomic E-state index is 0.0629. The number of ether oxygens (including phenoxy) is 1. The van der Waals surface area contributed by atoms with Gasteiger partial charge in [-0.3, -0.25) is 15.0 Å². The Kier molecular flexibility index (Phi) is 6.43. The predicted octanol–water partition coefficient (Wildman–Crippen LogP) is 3.92. The number of thiophene rings is 1. The summed E-state index contributed by atoms with van der Waals surface area (Å²) >= 11 is 4.33. The fourth-order valence-electron chi connectivity index (χ4n) is 3.61. The van der Waals surface area contributed by atoms with E-state index in [0.717, 1.165) is 32.7 Å². The number of fused-ring (bicyclic) bond motifs is 1. The SMILES string of the molecule is COc1ccc(C2C=C(c3cccs3)NN2C(=O)CSC2=NN3CCCC(=O)N=C3S2)cc1. The molecule has 0 spiro atoms. The smallest absolute Gasteiger partial charge is 0.252 e. The maximum absolute atomic E-state index is 13.3. The van der Waals surface area contributed by atoms with Crippen molar-refractivity contribution < 1.29 is 14.3 Å². The number of methoxy groups -OCH3 is 1. The van der Waals surface area contributed by atoms with Gasteiger partial charge in [-0.1, -0.05) is 30.0 Å². The quantitative estimate of drug-likeness (QED) is 0.667. The molecule has 33 heavy (non-hydrogen) atoms. The van der Waals surface area contributed by atoms with Crippen LogP contribution >= 0.6 is 34.9 Å². The molecule has 0 aliphatic carbocycles. The van der Waals surface area contributed by atoms with Crippen LogP contribution in [0.5, 0.6) is 5.75 Å². The van der Waals surface area contributed by atoms with Crippen LogP contribution < -0.4 is 10.2 Å². The molecule has 1 atom stereocenters. The third-order valence-electron chi connectivity index (χ3n) is 5.26. The highest BCUT2D eigenvalue weighted by atomic mass is 32.2. The third-order valence-corrected chi connectivity index (χ3v) is 8.23. The molecule has 1 aromatic carbocycles. The van der Waals surface area contributed by atoms with Gasteiger partial charge in [0, 0.05) is 13.0 Å². The zero-order chi connectivity index (χ0) is 22.8. The van der Waals surface area contributed by atoms with E-state index < -0.39 is 0 Å². The van der Waals surface area contributed by atoms with Crippen LogP contribution in [0.15, 0.2) is 57.9 Å². The number of benzene rings is 1. The number of carbonyl (C=O) groups is 2. The van der Waals surface area contributed by atoms with E-state index in [1.165, 1.54) is 23.5 Å². The molecule has 2 aromatic rings. The fourth-order valence-corrected chi connectivity index (χ4v) is 6.18. The van der Waals surface area contributed by atoms with Crippen molar-refractivity contribution in [1.29, 1.82) is 0 Å². The van der Waals surface area contributed by atoms with Crippen molar-refractivity contribution in [3.05, 3.63) is 58.3 Å². The first-order chi connectivity index (χ1) is 16.1. The molecular formula is C22H21N5O3S3. The number of rotatable bonds is 5. The van der Waals surface area contributed by atoms with Gasteiger partial charge in [0.2, 0.25) is 5.91 Å². The van der Waals surface area contributed by atoms with Gasteiger partial charge < -0.3 is 4.74 Å². The van der Waals surface area contributed by atoms with Crippen LogP contribution in [-0.4, -0.2) is 50.8 Å². The van der Waals surface area contributed by atoms with Gasteiger partial charge in [-0.15, -0.1) is 11.3 Å². The first-order valence-corrected chi connectivity index (χ1v) is 13.1. The number of hydrazine groups is 1. The monoisotopic (exact) mass is 499 g/mol. The van der Waals surface area contributed by atoms with E-state index in [2.05, 4.69) is 21.6 Å². The molecular weight excluding hydrogens is 478 g/mol. The largest absolute Gasteiger partial charge is 0.497 e. The molecule has 1 aromatic heterocycles. The molecule has 0 saturated carbocycles. The van der Waals surface area contributed by atoms with E-state index >= 15 is 0 Å². The average molecular weight is 500 g/mol. The molecule has 0 bridgehead atoms. The number of nitrogens with zero attached hydrogens (tertiary/aromatic N) is 4. The Morgan fingerprint density at radius 2 is 2.15 bits per heavy atom. The zero-order valence-corrected chi connectivity index (χ0v) is 20.2. The van der Waals surface area contributed by atoms with E-state index in [9.17, 15) is 9.59 Å². The molecule has 5 rings (SSSR count). The van der Waals surface area contributed by atoms with Crippen LogP contribution in [0.4, 0.5) is 0 Å². The van der Waals surface area contributed by atoms with Crippen molar-refractivity contribution in [2.45, 2.75) is 18.9 Å². The summed E-state index contributed by atoms with van der Waals surface area (Å²) in [6.45, 7) is 0.664. The molecule has 11 heteroatoms. The van der Waals surface area contributed by atoms with Gasteiger partial charge >= 0.3 is 0 Å². The third kappa shape index (κ3) is 4.80. The zero-order valence-electron chi connectivity index (χ0n) is 17.8. The fraction of sp³-hybridized carbons (Fsp3) is 0.273. The average Bonchev–Trinajstić information content (AvgIpc) is 3.56. The maximum atomic E-state index is 13.3. The van der Waals surface area contributed by atoms with Crippen LogP contribution in [0.3, 0.4) is 0 Å². The van der Waals surface area contributed by atoms with Crippen molar-refractivity contribution in [3.8, 4) is 5.75 Å². The number of hydrogen-bond acceptors (Lipinski definition) is 9. The summed E-state index contributed by atoms with van der Waals surface area (Å²) in [4.78, 5) is 30.2. The molecule has 170 valence electrons. The Morgan fingerprint density at radius 1 is 1.30 bits per heavy atom. The highest BCUT2D eigenvalue weighted by Crippen LogP contribution is 2.35. The van der Waals surface area contributed by atoms with Gasteiger partial charge in [-0.05, 0) is 53.4 Å². The number of carbonyl (C=O) groups excluding carboxylic acids is 2. The van der Waals surface area contributed by atoms with Gasteiger partial charge in [-0.25, -0.2) is 10.0 Å². The van der Waals surface area contributed by atoms with Crippen LogP contribution in [-0.2, 0) is 9.59 Å². The summed E-state index contributed by atoms with van der Waals surface area (Å²) in [6, 6.07) is 11.5. The standard InChI is InChI=1S/C22H21N5O3S3/c1-30-15-8-6-14(7-9-15)17-12-16(18-4-3-11-31-18)24-27(17)20(29)13-32-22-25-26-10-2-5-19(28)23-21(26)33-22/h3-4,6-9,11-12,17,24H,2,5,10,13H2,1H3. The highest BCUT2D eigenvalue weighted by molar-refractivity contribution is 8.45. The van der Waals surface area contributed by atoms with Crippen LogP contribution in [0.2, 0.25) is 0 Å². The number of amides is 2. The van der Waals surface area contributed by atoms with E-state index in [4.69, 9.17) is 4.74 Å². The molecule has 3 aliphatic rings. The number of hydrogen-bond donors (Lipinski definition) is 1. The van der Waals surface area contributed by atoms with Gasteiger partial charge in [0.25, 0.3) is 5.91 Å². The minimum Gasteiger partial charge on any atom is -0.497 e. The first kappa shape index (κ1) is 22.1. The Balaban J connectivity index is 1.30. The normalized spacial score (nSPS) is 20.0. The lowest BCUT2D eigenvalue weighted by molar-refractivity contribution is -0.131. The second-order valence-corrected chi connectivity index (χ2v) is 10.5. The Morgan fingerprint density at radius 3 is 2.91 bits per heavy atom. The second kappa shape index (κ2) is 9.62. The Bertz CT molecular complexity index is 1140. The summed E-state index contributed by atoms with van der Waals surface area (Å²) in [5, 5.41) is 10.6. The van der Waals surface area contributed by atoms with Gasteiger partial charge in [-0.2, -0.15) is 10.1 Å². The maximum Gasteiger partial charge on any atom is 0.252 e. The number of nitrogens with one attached hydrogen (secondary N) is 1. The Labute approximate surface area is 203 Å². The summed E-state index contributed by atoms with van der Waals surface area (Å²) in [6.07, 6.45) is 3.25. The van der Waals surface area contributed by atoms with E-state index in [0.29, 0.717) is 18.1 Å². The van der Waals surface area contributed by atoms with Gasteiger partial charge in [0.15, 0.2) is 9.54 Å². The lowest BCUT2D eigenvalue weighted by Gasteiger charge is -2.25. The van der Waals surface area contributed by atoms with Crippen molar-refractivity contribution in [2.75, 3.05) is 19.4 Å². The molecule has 1 unspecified atom stereocenters. The lowest BCUT2D eigenvalue weighted by Crippen LogP contribution is -2.40. The second-order valence-electron chi connectivity index (χ2n) is 7.42. The molecule has 2 amide bonds. The summed E-state index contributed by atoms with van der Waals surface area (Å²) in [5.41, 5.74) is 5.20. The van der Waals surface area contributed by atoms with Crippen molar-refractivity contribution in [3.63, 3.8) is 0 Å². The minimum atomic E-state index is -0.240. The van der Waals surface area contributed by atoms with Gasteiger partial charge in [0.05, 0.1) is 29.5 Å².